The smallest absolute Gasteiger partial charge is 0.320 e. The number of carboxylic acid groups (broad SMARTS) is 1. The molecule has 1 unspecified atom stereocenters. The molecule has 14 heavy (non-hydrogen) atoms. The molecule has 1 aliphatic heterocycles. The van der Waals surface area contributed by atoms with Crippen LogP contribution in [-0.4, -0.2) is 22.7 Å². The number of hydrogen-bond acceptors (Lipinski definition) is 2. The van der Waals surface area contributed by atoms with Crippen molar-refractivity contribution >= 4 is 17.6 Å². The molecule has 0 bridgehead atoms. The van der Waals surface area contributed by atoms with E-state index in [-0.39, 0.29) is 5.41 Å². The largest absolute Gasteiger partial charge is 0.480 e. The number of carboxylic acids is 1. The van der Waals surface area contributed by atoms with E-state index in [0.29, 0.717) is 5.71 Å². The van der Waals surface area contributed by atoms with Crippen LogP contribution in [0.25, 0.3) is 0 Å². The minimum atomic E-state index is -1.15. The number of hydrogen-bond donors (Lipinski definition) is 1. The minimum absolute atomic E-state index is 0.227. The van der Waals surface area contributed by atoms with Gasteiger partial charge in [0, 0.05) is 11.1 Å². The molecule has 76 valence electrons. The van der Waals surface area contributed by atoms with Crippen molar-refractivity contribution in [1.29, 1.82) is 0 Å². The average Bonchev–Trinajstić information content (AvgIpc) is 2.01. The van der Waals surface area contributed by atoms with Crippen molar-refractivity contribution in [1.82, 2.24) is 0 Å². The van der Waals surface area contributed by atoms with Gasteiger partial charge in [0.1, 0.15) is 0 Å². The lowest BCUT2D eigenvalue weighted by Crippen LogP contribution is -2.29. The summed E-state index contributed by atoms with van der Waals surface area (Å²) in [5.74, 6) is -2.85. The van der Waals surface area contributed by atoms with Crippen molar-refractivity contribution in [3.63, 3.8) is 0 Å². The number of rotatable bonds is 1. The molecule has 1 heterocycles. The van der Waals surface area contributed by atoms with Crippen molar-refractivity contribution in [2.45, 2.75) is 20.8 Å². The molecular formula is C10H13NO3. The van der Waals surface area contributed by atoms with E-state index in [0.717, 1.165) is 0 Å². The Morgan fingerprint density at radius 1 is 1.50 bits per heavy atom. The van der Waals surface area contributed by atoms with Crippen LogP contribution in [0.3, 0.4) is 0 Å². The van der Waals surface area contributed by atoms with Gasteiger partial charge in [-0.1, -0.05) is 26.8 Å². The molecule has 0 aromatic heterocycles. The molecule has 1 N–H and O–H groups in total. The van der Waals surface area contributed by atoms with E-state index in [9.17, 15) is 9.59 Å². The average molecular weight is 195 g/mol. The number of allylic oxidation sites excluding steroid dienone is 1. The van der Waals surface area contributed by atoms with Gasteiger partial charge in [0.25, 0.3) is 5.91 Å². The maximum atomic E-state index is 11.3. The molecule has 0 aromatic carbocycles. The summed E-state index contributed by atoms with van der Waals surface area (Å²) in [6.07, 6.45) is 3.00. The molecule has 4 nitrogen and oxygen atoms in total. The molecule has 0 radical (unpaired) electrons. The second-order valence-corrected chi connectivity index (χ2v) is 4.26. The van der Waals surface area contributed by atoms with Gasteiger partial charge >= 0.3 is 5.97 Å². The molecule has 0 saturated carbocycles. The zero-order valence-electron chi connectivity index (χ0n) is 8.44. The highest BCUT2D eigenvalue weighted by Crippen LogP contribution is 2.21. The van der Waals surface area contributed by atoms with Crippen LogP contribution in [-0.2, 0) is 9.59 Å². The number of dihydropyridines is 1. The monoisotopic (exact) mass is 195 g/mol. The summed E-state index contributed by atoms with van der Waals surface area (Å²) in [5.41, 5.74) is 0.398. The highest BCUT2D eigenvalue weighted by molar-refractivity contribution is 6.13. The fourth-order valence-electron chi connectivity index (χ4n) is 1.10. The van der Waals surface area contributed by atoms with Crippen LogP contribution < -0.4 is 0 Å². The Morgan fingerprint density at radius 2 is 2.07 bits per heavy atom. The predicted molar refractivity (Wildman–Crippen MR) is 52.2 cm³/mol. The fourth-order valence-corrected chi connectivity index (χ4v) is 1.10. The molecule has 4 heteroatoms. The summed E-state index contributed by atoms with van der Waals surface area (Å²) in [7, 11) is 0. The Bertz CT molecular complexity index is 334. The van der Waals surface area contributed by atoms with Gasteiger partial charge in [-0.3, -0.25) is 9.59 Å². The standard InChI is InChI=1S/C10H13NO3/c1-10(2,3)7-5-4-6(9(13)14)8(12)11-7/h4-6H,1-3H3,(H,13,14). The number of nitrogens with zero attached hydrogens (tertiary/aromatic N) is 1. The van der Waals surface area contributed by atoms with Crippen molar-refractivity contribution < 1.29 is 14.7 Å². The Balaban J connectivity index is 2.94. The van der Waals surface area contributed by atoms with E-state index in [1.807, 2.05) is 20.8 Å². The number of aliphatic carboxylic acids is 1. The quantitative estimate of drug-likeness (QED) is 0.641. The zero-order valence-corrected chi connectivity index (χ0v) is 8.44. The van der Waals surface area contributed by atoms with Crippen LogP contribution in [0.5, 0.6) is 0 Å². The lowest BCUT2D eigenvalue weighted by Gasteiger charge is -2.21. The third-order valence-corrected chi connectivity index (χ3v) is 1.98. The van der Waals surface area contributed by atoms with Crippen LogP contribution in [0.4, 0.5) is 0 Å². The number of aliphatic imine (C=N–C) groups is 1. The maximum absolute atomic E-state index is 11.3. The van der Waals surface area contributed by atoms with Gasteiger partial charge in [-0.25, -0.2) is 4.99 Å². The van der Waals surface area contributed by atoms with E-state index in [4.69, 9.17) is 5.11 Å². The highest BCUT2D eigenvalue weighted by Gasteiger charge is 2.29. The summed E-state index contributed by atoms with van der Waals surface area (Å²) >= 11 is 0. The molecule has 1 amide bonds. The third kappa shape index (κ3) is 2.07. The van der Waals surface area contributed by atoms with E-state index in [1.54, 1.807) is 6.08 Å². The number of carbonyl (C=O) groups is 2. The van der Waals surface area contributed by atoms with Crippen LogP contribution in [0.15, 0.2) is 17.1 Å². The molecule has 0 fully saturated rings. The first-order chi connectivity index (χ1) is 6.32. The number of carbonyl (C=O) groups excluding carboxylic acids is 1. The van der Waals surface area contributed by atoms with Gasteiger partial charge in [-0.15, -0.1) is 0 Å². The van der Waals surface area contributed by atoms with Gasteiger partial charge < -0.3 is 5.11 Å². The molecule has 1 rings (SSSR count). The Labute approximate surface area is 82.3 Å². The molecule has 0 saturated heterocycles. The van der Waals surface area contributed by atoms with Crippen LogP contribution in [0.2, 0.25) is 0 Å². The summed E-state index contributed by atoms with van der Waals surface area (Å²) in [4.78, 5) is 25.6. The molecule has 1 aliphatic rings. The van der Waals surface area contributed by atoms with Crippen LogP contribution in [0.1, 0.15) is 20.8 Å². The maximum Gasteiger partial charge on any atom is 0.320 e. The van der Waals surface area contributed by atoms with E-state index >= 15 is 0 Å². The van der Waals surface area contributed by atoms with Gasteiger partial charge in [-0.05, 0) is 6.08 Å². The lowest BCUT2D eigenvalue weighted by atomic mass is 9.87. The van der Waals surface area contributed by atoms with E-state index in [2.05, 4.69) is 4.99 Å². The number of amides is 1. The van der Waals surface area contributed by atoms with Gasteiger partial charge in [-0.2, -0.15) is 0 Å². The SMILES string of the molecule is CC(C)(C)C1=NC(=O)C(C(=O)O)C=C1. The summed E-state index contributed by atoms with van der Waals surface area (Å²) < 4.78 is 0. The van der Waals surface area contributed by atoms with E-state index in [1.165, 1.54) is 6.08 Å². The minimum Gasteiger partial charge on any atom is -0.480 e. The second kappa shape index (κ2) is 3.36. The topological polar surface area (TPSA) is 66.7 Å². The summed E-state index contributed by atoms with van der Waals surface area (Å²) in [5, 5.41) is 8.66. The first-order valence-electron chi connectivity index (χ1n) is 4.36. The summed E-state index contributed by atoms with van der Waals surface area (Å²) in [6, 6.07) is 0. The molecular weight excluding hydrogens is 182 g/mol. The first-order valence-corrected chi connectivity index (χ1v) is 4.36. The van der Waals surface area contributed by atoms with Crippen LogP contribution >= 0.6 is 0 Å². The van der Waals surface area contributed by atoms with Crippen molar-refractivity contribution in [2.75, 3.05) is 0 Å². The highest BCUT2D eigenvalue weighted by atomic mass is 16.4. The molecule has 1 atom stereocenters. The second-order valence-electron chi connectivity index (χ2n) is 4.26. The third-order valence-electron chi connectivity index (χ3n) is 1.98. The first kappa shape index (κ1) is 10.6. The fraction of sp³-hybridized carbons (Fsp3) is 0.500. The Morgan fingerprint density at radius 3 is 2.43 bits per heavy atom. The Hall–Kier alpha value is -1.45. The van der Waals surface area contributed by atoms with Crippen molar-refractivity contribution in [2.24, 2.45) is 16.3 Å². The summed E-state index contributed by atoms with van der Waals surface area (Å²) in [6.45, 7) is 5.76. The lowest BCUT2D eigenvalue weighted by molar-refractivity contribution is -0.143. The normalized spacial score (nSPS) is 22.1. The molecule has 0 aliphatic carbocycles. The molecule has 0 aromatic rings. The van der Waals surface area contributed by atoms with Gasteiger partial charge in [0.15, 0.2) is 5.92 Å². The van der Waals surface area contributed by atoms with Crippen molar-refractivity contribution in [3.8, 4) is 0 Å². The Kier molecular flexibility index (Phi) is 2.55. The van der Waals surface area contributed by atoms with Crippen LogP contribution in [0, 0.1) is 11.3 Å². The zero-order chi connectivity index (χ0) is 10.9. The van der Waals surface area contributed by atoms with E-state index < -0.39 is 17.8 Å². The predicted octanol–water partition coefficient (Wildman–Crippen LogP) is 1.27. The van der Waals surface area contributed by atoms with Crippen molar-refractivity contribution in [3.05, 3.63) is 12.2 Å². The molecule has 0 spiro atoms. The van der Waals surface area contributed by atoms with Gasteiger partial charge in [0.05, 0.1) is 0 Å². The van der Waals surface area contributed by atoms with Gasteiger partial charge in [0.2, 0.25) is 0 Å².